The Kier molecular flexibility index (Phi) is 2.12. The largest absolute Gasteiger partial charge is 0.389 e. The number of aliphatic hydroxyl groups is 1. The van der Waals surface area contributed by atoms with Gasteiger partial charge in [0.05, 0.1) is 5.60 Å². The quantitative estimate of drug-likeness (QED) is 0.716. The lowest BCUT2D eigenvalue weighted by Gasteiger charge is -2.25. The average molecular weight is 194 g/mol. The van der Waals surface area contributed by atoms with Gasteiger partial charge < -0.3 is 5.11 Å². The number of rotatable bonds is 2. The summed E-state index contributed by atoms with van der Waals surface area (Å²) in [6.07, 6.45) is 12.2. The highest BCUT2D eigenvalue weighted by atomic mass is 16.3. The molecular formula is C13H22O. The van der Waals surface area contributed by atoms with Gasteiger partial charge in [-0.2, -0.15) is 0 Å². The molecule has 1 nitrogen and oxygen atoms in total. The fourth-order valence-electron chi connectivity index (χ4n) is 4.20. The highest BCUT2D eigenvalue weighted by molar-refractivity contribution is 5.15. The van der Waals surface area contributed by atoms with Gasteiger partial charge in [0.1, 0.15) is 0 Å². The molecule has 80 valence electrons. The molecule has 0 aromatic carbocycles. The summed E-state index contributed by atoms with van der Waals surface area (Å²) in [7, 11) is 0. The third-order valence-corrected chi connectivity index (χ3v) is 5.03. The molecule has 0 aromatic rings. The molecule has 1 heteroatoms. The van der Waals surface area contributed by atoms with E-state index in [4.69, 9.17) is 0 Å². The van der Waals surface area contributed by atoms with Gasteiger partial charge in [0.25, 0.3) is 0 Å². The van der Waals surface area contributed by atoms with Gasteiger partial charge in [0.15, 0.2) is 0 Å². The predicted octanol–water partition coefficient (Wildman–Crippen LogP) is 3.12. The van der Waals surface area contributed by atoms with Crippen LogP contribution in [0.3, 0.4) is 0 Å². The molecular weight excluding hydrogens is 172 g/mol. The fraction of sp³-hybridized carbons (Fsp3) is 1.00. The summed E-state index contributed by atoms with van der Waals surface area (Å²) in [5, 5.41) is 10.5. The Morgan fingerprint density at radius 1 is 0.857 bits per heavy atom. The molecule has 0 heterocycles. The zero-order valence-electron chi connectivity index (χ0n) is 9.04. The first-order valence-corrected chi connectivity index (χ1v) is 6.53. The van der Waals surface area contributed by atoms with Crippen LogP contribution in [0.25, 0.3) is 0 Å². The summed E-state index contributed by atoms with van der Waals surface area (Å²) in [6.45, 7) is 0. The van der Waals surface area contributed by atoms with E-state index in [1.165, 1.54) is 51.4 Å². The Balaban J connectivity index is 1.57. The van der Waals surface area contributed by atoms with Gasteiger partial charge in [0, 0.05) is 0 Å². The maximum atomic E-state index is 10.5. The summed E-state index contributed by atoms with van der Waals surface area (Å²) >= 11 is 0. The van der Waals surface area contributed by atoms with Crippen LogP contribution in [-0.4, -0.2) is 10.7 Å². The van der Waals surface area contributed by atoms with Crippen molar-refractivity contribution in [3.8, 4) is 0 Å². The first-order valence-electron chi connectivity index (χ1n) is 6.53. The van der Waals surface area contributed by atoms with Crippen molar-refractivity contribution >= 4 is 0 Å². The van der Waals surface area contributed by atoms with Crippen molar-refractivity contribution in [3.63, 3.8) is 0 Å². The zero-order valence-corrected chi connectivity index (χ0v) is 9.04. The topological polar surface area (TPSA) is 20.2 Å². The third-order valence-electron chi connectivity index (χ3n) is 5.03. The van der Waals surface area contributed by atoms with E-state index in [1.807, 2.05) is 0 Å². The first-order chi connectivity index (χ1) is 6.81. The highest BCUT2D eigenvalue weighted by Crippen LogP contribution is 2.63. The molecule has 0 aromatic heterocycles. The molecule has 0 saturated heterocycles. The molecule has 3 aliphatic carbocycles. The van der Waals surface area contributed by atoms with Crippen LogP contribution < -0.4 is 0 Å². The molecule has 3 rings (SSSR count). The van der Waals surface area contributed by atoms with E-state index in [2.05, 4.69) is 0 Å². The summed E-state index contributed by atoms with van der Waals surface area (Å²) in [5.41, 5.74) is -0.180. The van der Waals surface area contributed by atoms with E-state index in [9.17, 15) is 5.11 Å². The molecule has 0 bridgehead atoms. The fourth-order valence-corrected chi connectivity index (χ4v) is 4.20. The van der Waals surface area contributed by atoms with E-state index in [-0.39, 0.29) is 5.60 Å². The van der Waals surface area contributed by atoms with Crippen LogP contribution in [0.2, 0.25) is 0 Å². The van der Waals surface area contributed by atoms with Gasteiger partial charge in [0.2, 0.25) is 0 Å². The van der Waals surface area contributed by atoms with Crippen LogP contribution in [-0.2, 0) is 0 Å². The number of fused-ring (bicyclic) bond motifs is 1. The average Bonchev–Trinajstić information content (AvgIpc) is 2.64. The lowest BCUT2D eigenvalue weighted by molar-refractivity contribution is 0.0699. The summed E-state index contributed by atoms with van der Waals surface area (Å²) in [4.78, 5) is 0. The highest BCUT2D eigenvalue weighted by Gasteiger charge is 2.65. The molecule has 1 N–H and O–H groups in total. The van der Waals surface area contributed by atoms with Crippen molar-refractivity contribution in [3.05, 3.63) is 0 Å². The maximum absolute atomic E-state index is 10.5. The van der Waals surface area contributed by atoms with Gasteiger partial charge in [-0.05, 0) is 37.0 Å². The molecule has 2 unspecified atom stereocenters. The van der Waals surface area contributed by atoms with Crippen LogP contribution in [0.4, 0.5) is 0 Å². The zero-order chi connectivity index (χ0) is 9.60. The molecule has 0 aliphatic heterocycles. The Hall–Kier alpha value is -0.0400. The molecule has 2 atom stereocenters. The number of hydrogen-bond donors (Lipinski definition) is 1. The van der Waals surface area contributed by atoms with Gasteiger partial charge in [-0.3, -0.25) is 0 Å². The van der Waals surface area contributed by atoms with Gasteiger partial charge in [-0.25, -0.2) is 0 Å². The molecule has 0 spiro atoms. The lowest BCUT2D eigenvalue weighted by Crippen LogP contribution is -2.22. The minimum Gasteiger partial charge on any atom is -0.389 e. The summed E-state index contributed by atoms with van der Waals surface area (Å²) in [6, 6.07) is 0. The van der Waals surface area contributed by atoms with E-state index in [0.29, 0.717) is 11.8 Å². The van der Waals surface area contributed by atoms with E-state index in [1.54, 1.807) is 0 Å². The van der Waals surface area contributed by atoms with Crippen molar-refractivity contribution in [2.75, 3.05) is 0 Å². The molecule has 3 saturated carbocycles. The normalized spacial score (nSPS) is 47.8. The van der Waals surface area contributed by atoms with Crippen LogP contribution >= 0.6 is 0 Å². The van der Waals surface area contributed by atoms with E-state index >= 15 is 0 Å². The number of hydrogen-bond acceptors (Lipinski definition) is 1. The molecule has 0 radical (unpaired) electrons. The molecule has 14 heavy (non-hydrogen) atoms. The van der Waals surface area contributed by atoms with Crippen LogP contribution in [0.5, 0.6) is 0 Å². The first kappa shape index (κ1) is 9.21. The van der Waals surface area contributed by atoms with Gasteiger partial charge in [-0.1, -0.05) is 38.5 Å². The summed E-state index contributed by atoms with van der Waals surface area (Å²) in [5.74, 6) is 2.29. The third kappa shape index (κ3) is 1.32. The molecule has 0 amide bonds. The SMILES string of the molecule is OC1(CC2CCCCC2)C2CCCC21. The second kappa shape index (κ2) is 3.23. The molecule has 3 fully saturated rings. The predicted molar refractivity (Wildman–Crippen MR) is 57.0 cm³/mol. The van der Waals surface area contributed by atoms with Crippen molar-refractivity contribution in [2.24, 2.45) is 17.8 Å². The standard InChI is InChI=1S/C13H22O/c14-13(11-7-4-8-12(11)13)9-10-5-2-1-3-6-10/h10-12,14H,1-9H2. The second-order valence-corrected chi connectivity index (χ2v) is 5.84. The Morgan fingerprint density at radius 2 is 1.50 bits per heavy atom. The van der Waals surface area contributed by atoms with Crippen LogP contribution in [0, 0.1) is 17.8 Å². The maximum Gasteiger partial charge on any atom is 0.0713 e. The Labute approximate surface area is 86.9 Å². The summed E-state index contributed by atoms with van der Waals surface area (Å²) < 4.78 is 0. The lowest BCUT2D eigenvalue weighted by atomic mass is 9.83. The van der Waals surface area contributed by atoms with Gasteiger partial charge >= 0.3 is 0 Å². The smallest absolute Gasteiger partial charge is 0.0713 e. The van der Waals surface area contributed by atoms with Crippen molar-refractivity contribution < 1.29 is 5.11 Å². The minimum absolute atomic E-state index is 0.180. The van der Waals surface area contributed by atoms with Crippen LogP contribution in [0.15, 0.2) is 0 Å². The van der Waals surface area contributed by atoms with Crippen LogP contribution in [0.1, 0.15) is 57.8 Å². The van der Waals surface area contributed by atoms with E-state index < -0.39 is 0 Å². The monoisotopic (exact) mass is 194 g/mol. The Bertz CT molecular complexity index is 207. The van der Waals surface area contributed by atoms with Crippen molar-refractivity contribution in [2.45, 2.75) is 63.4 Å². The van der Waals surface area contributed by atoms with Crippen molar-refractivity contribution in [1.82, 2.24) is 0 Å². The molecule has 3 aliphatic rings. The minimum atomic E-state index is -0.180. The second-order valence-electron chi connectivity index (χ2n) is 5.84. The van der Waals surface area contributed by atoms with Crippen molar-refractivity contribution in [1.29, 1.82) is 0 Å². The van der Waals surface area contributed by atoms with E-state index in [0.717, 1.165) is 12.3 Å². The Morgan fingerprint density at radius 3 is 2.14 bits per heavy atom. The van der Waals surface area contributed by atoms with Gasteiger partial charge in [-0.15, -0.1) is 0 Å².